The van der Waals surface area contributed by atoms with Gasteiger partial charge < -0.3 is 15.1 Å². The van der Waals surface area contributed by atoms with Crippen molar-refractivity contribution in [1.29, 1.82) is 0 Å². The molecule has 0 unspecified atom stereocenters. The number of rotatable bonds is 4. The van der Waals surface area contributed by atoms with Crippen LogP contribution >= 0.6 is 0 Å². The molecule has 2 N–H and O–H groups in total. The fourth-order valence-electron chi connectivity index (χ4n) is 1.75. The molecule has 0 aliphatic carbocycles. The second-order valence-electron chi connectivity index (χ2n) is 4.37. The number of benzene rings is 1. The number of hydrogen-bond acceptors (Lipinski definition) is 2. The van der Waals surface area contributed by atoms with Gasteiger partial charge in [0.25, 0.3) is 0 Å². The van der Waals surface area contributed by atoms with Gasteiger partial charge in [0.05, 0.1) is 6.54 Å². The molecule has 0 aliphatic rings. The van der Waals surface area contributed by atoms with Crippen molar-refractivity contribution in [2.24, 2.45) is 0 Å². The van der Waals surface area contributed by atoms with Gasteiger partial charge >= 0.3 is 6.03 Å². The van der Waals surface area contributed by atoms with E-state index in [1.807, 2.05) is 43.3 Å². The normalized spacial score (nSPS) is 10.2. The van der Waals surface area contributed by atoms with Crippen LogP contribution < -0.4 is 10.6 Å². The Morgan fingerprint density at radius 1 is 1.16 bits per heavy atom. The summed E-state index contributed by atoms with van der Waals surface area (Å²) in [6, 6.07) is 11.3. The standard InChI is InChI=1S/C15H18N2O2/c1-3-12-5-7-13(8-6-12)17-15(18)16-10-14-9-4-11(2)19-14/h4-9H,3,10H2,1-2H3,(H2,16,17,18). The number of nitrogens with one attached hydrogen (secondary N) is 2. The molecule has 0 aliphatic heterocycles. The van der Waals surface area contributed by atoms with Crippen molar-refractivity contribution >= 4 is 11.7 Å². The second kappa shape index (κ2) is 6.09. The van der Waals surface area contributed by atoms with E-state index in [0.717, 1.165) is 23.6 Å². The summed E-state index contributed by atoms with van der Waals surface area (Å²) in [6.07, 6.45) is 0.990. The third-order valence-corrected chi connectivity index (χ3v) is 2.84. The van der Waals surface area contributed by atoms with Gasteiger partial charge in [-0.1, -0.05) is 19.1 Å². The average molecular weight is 258 g/mol. The van der Waals surface area contributed by atoms with Crippen molar-refractivity contribution in [3.05, 3.63) is 53.5 Å². The number of amides is 2. The van der Waals surface area contributed by atoms with Crippen LogP contribution in [0.3, 0.4) is 0 Å². The highest BCUT2D eigenvalue weighted by Gasteiger charge is 2.03. The maximum atomic E-state index is 11.7. The maximum absolute atomic E-state index is 11.7. The Bertz CT molecular complexity index is 544. The fraction of sp³-hybridized carbons (Fsp3) is 0.267. The third kappa shape index (κ3) is 3.88. The Morgan fingerprint density at radius 2 is 1.89 bits per heavy atom. The molecule has 0 atom stereocenters. The first-order valence-electron chi connectivity index (χ1n) is 6.36. The van der Waals surface area contributed by atoms with Crippen LogP contribution in [0.1, 0.15) is 24.0 Å². The molecule has 2 amide bonds. The molecule has 0 radical (unpaired) electrons. The first-order chi connectivity index (χ1) is 9.17. The van der Waals surface area contributed by atoms with E-state index >= 15 is 0 Å². The van der Waals surface area contributed by atoms with Crippen LogP contribution in [0.5, 0.6) is 0 Å². The van der Waals surface area contributed by atoms with Crippen LogP contribution in [-0.4, -0.2) is 6.03 Å². The number of aryl methyl sites for hydroxylation is 2. The number of furan rings is 1. The lowest BCUT2D eigenvalue weighted by molar-refractivity contribution is 0.250. The lowest BCUT2D eigenvalue weighted by Gasteiger charge is -2.07. The zero-order valence-corrected chi connectivity index (χ0v) is 11.2. The Hall–Kier alpha value is -2.23. The summed E-state index contributed by atoms with van der Waals surface area (Å²) in [6.45, 7) is 4.35. The Balaban J connectivity index is 1.83. The van der Waals surface area contributed by atoms with E-state index in [0.29, 0.717) is 6.54 Å². The number of carbonyl (C=O) groups excluding carboxylic acids is 1. The van der Waals surface area contributed by atoms with Crippen LogP contribution in [-0.2, 0) is 13.0 Å². The Labute approximate surface area is 112 Å². The quantitative estimate of drug-likeness (QED) is 0.882. The Morgan fingerprint density at radius 3 is 2.47 bits per heavy atom. The monoisotopic (exact) mass is 258 g/mol. The molecule has 1 aromatic carbocycles. The summed E-state index contributed by atoms with van der Waals surface area (Å²) in [4.78, 5) is 11.7. The van der Waals surface area contributed by atoms with Gasteiger partial charge in [0.1, 0.15) is 11.5 Å². The van der Waals surface area contributed by atoms with Crippen molar-refractivity contribution in [2.45, 2.75) is 26.8 Å². The molecule has 1 heterocycles. The highest BCUT2D eigenvalue weighted by atomic mass is 16.3. The van der Waals surface area contributed by atoms with Crippen molar-refractivity contribution in [3.63, 3.8) is 0 Å². The largest absolute Gasteiger partial charge is 0.465 e. The first kappa shape index (κ1) is 13.2. The molecule has 4 nitrogen and oxygen atoms in total. The van der Waals surface area contributed by atoms with E-state index in [2.05, 4.69) is 17.6 Å². The molecule has 2 aromatic rings. The van der Waals surface area contributed by atoms with Crippen LogP contribution in [0.15, 0.2) is 40.8 Å². The molecular formula is C15H18N2O2. The molecule has 19 heavy (non-hydrogen) atoms. The molecule has 0 saturated carbocycles. The fourth-order valence-corrected chi connectivity index (χ4v) is 1.75. The van der Waals surface area contributed by atoms with E-state index in [-0.39, 0.29) is 6.03 Å². The van der Waals surface area contributed by atoms with Gasteiger partial charge in [-0.2, -0.15) is 0 Å². The first-order valence-corrected chi connectivity index (χ1v) is 6.36. The smallest absolute Gasteiger partial charge is 0.319 e. The van der Waals surface area contributed by atoms with Gasteiger partial charge in [0.15, 0.2) is 0 Å². The minimum atomic E-state index is -0.238. The zero-order valence-electron chi connectivity index (χ0n) is 11.2. The van der Waals surface area contributed by atoms with Gasteiger partial charge in [-0.25, -0.2) is 4.79 Å². The summed E-state index contributed by atoms with van der Waals surface area (Å²) >= 11 is 0. The number of urea groups is 1. The molecule has 1 aromatic heterocycles. The number of anilines is 1. The lowest BCUT2D eigenvalue weighted by Crippen LogP contribution is -2.27. The summed E-state index contributed by atoms with van der Waals surface area (Å²) in [5.74, 6) is 1.58. The van der Waals surface area contributed by atoms with Crippen LogP contribution in [0.2, 0.25) is 0 Å². The van der Waals surface area contributed by atoms with E-state index in [9.17, 15) is 4.79 Å². The van der Waals surface area contributed by atoms with Gasteiger partial charge in [0.2, 0.25) is 0 Å². The average Bonchev–Trinajstić information content (AvgIpc) is 2.83. The zero-order chi connectivity index (χ0) is 13.7. The molecule has 0 bridgehead atoms. The predicted molar refractivity (Wildman–Crippen MR) is 75.1 cm³/mol. The van der Waals surface area contributed by atoms with Crippen molar-refractivity contribution in [1.82, 2.24) is 5.32 Å². The molecule has 0 fully saturated rings. The summed E-state index contributed by atoms with van der Waals surface area (Å²) in [7, 11) is 0. The lowest BCUT2D eigenvalue weighted by atomic mass is 10.1. The highest BCUT2D eigenvalue weighted by Crippen LogP contribution is 2.10. The molecule has 4 heteroatoms. The minimum absolute atomic E-state index is 0.238. The van der Waals surface area contributed by atoms with Crippen LogP contribution in [0.25, 0.3) is 0 Å². The van der Waals surface area contributed by atoms with Gasteiger partial charge in [-0.05, 0) is 43.2 Å². The molecule has 0 spiro atoms. The van der Waals surface area contributed by atoms with Crippen LogP contribution in [0, 0.1) is 6.92 Å². The van der Waals surface area contributed by atoms with Gasteiger partial charge in [-0.3, -0.25) is 0 Å². The summed E-state index contributed by atoms with van der Waals surface area (Å²) in [5.41, 5.74) is 2.03. The van der Waals surface area contributed by atoms with E-state index in [4.69, 9.17) is 4.42 Å². The minimum Gasteiger partial charge on any atom is -0.465 e. The number of carbonyl (C=O) groups is 1. The molecule has 0 saturated heterocycles. The van der Waals surface area contributed by atoms with E-state index in [1.165, 1.54) is 5.56 Å². The van der Waals surface area contributed by atoms with Gasteiger partial charge in [0, 0.05) is 5.69 Å². The van der Waals surface area contributed by atoms with Gasteiger partial charge in [-0.15, -0.1) is 0 Å². The summed E-state index contributed by atoms with van der Waals surface area (Å²) in [5, 5.41) is 5.52. The second-order valence-corrected chi connectivity index (χ2v) is 4.37. The van der Waals surface area contributed by atoms with E-state index in [1.54, 1.807) is 0 Å². The summed E-state index contributed by atoms with van der Waals surface area (Å²) < 4.78 is 5.37. The van der Waals surface area contributed by atoms with Crippen molar-refractivity contribution < 1.29 is 9.21 Å². The molecule has 100 valence electrons. The highest BCUT2D eigenvalue weighted by molar-refractivity contribution is 5.89. The maximum Gasteiger partial charge on any atom is 0.319 e. The van der Waals surface area contributed by atoms with Crippen LogP contribution in [0.4, 0.5) is 10.5 Å². The molecule has 2 rings (SSSR count). The third-order valence-electron chi connectivity index (χ3n) is 2.84. The number of hydrogen-bond donors (Lipinski definition) is 2. The Kier molecular flexibility index (Phi) is 4.23. The SMILES string of the molecule is CCc1ccc(NC(=O)NCc2ccc(C)o2)cc1. The van der Waals surface area contributed by atoms with Crippen molar-refractivity contribution in [2.75, 3.05) is 5.32 Å². The van der Waals surface area contributed by atoms with E-state index < -0.39 is 0 Å². The molecular weight excluding hydrogens is 240 g/mol. The topological polar surface area (TPSA) is 54.3 Å². The predicted octanol–water partition coefficient (Wildman–Crippen LogP) is 3.47. The van der Waals surface area contributed by atoms with Crippen molar-refractivity contribution in [3.8, 4) is 0 Å².